The van der Waals surface area contributed by atoms with Crippen molar-refractivity contribution in [1.29, 1.82) is 0 Å². The maximum Gasteiger partial charge on any atom is 0.119 e. The van der Waals surface area contributed by atoms with Gasteiger partial charge in [-0.15, -0.1) is 0 Å². The molecule has 2 atom stereocenters. The van der Waals surface area contributed by atoms with Gasteiger partial charge in [-0.3, -0.25) is 0 Å². The Hall–Kier alpha value is -1.48. The third kappa shape index (κ3) is 2.44. The Kier molecular flexibility index (Phi) is 3.01. The summed E-state index contributed by atoms with van der Waals surface area (Å²) in [5, 5.41) is 1.11. The second-order valence-electron chi connectivity index (χ2n) is 4.50. The van der Waals surface area contributed by atoms with Gasteiger partial charge >= 0.3 is 0 Å². The molecule has 1 heterocycles. The standard InChI is InChI=1S/C14H20N2O/c1-11(15(2)3)10-16-8-7-12-9-13(17-4)5-6-14(12)16/h5-9,11H,10H2,1-4H3/t11-/m0/s1/i10D/t10-,11+/m1. The minimum atomic E-state index is -0.314. The quantitative estimate of drug-likeness (QED) is 0.807. The van der Waals surface area contributed by atoms with Crippen LogP contribution < -0.4 is 4.74 Å². The molecule has 0 spiro atoms. The molecule has 0 radical (unpaired) electrons. The fourth-order valence-corrected chi connectivity index (χ4v) is 1.76. The first-order valence-electron chi connectivity index (χ1n) is 6.35. The number of fused-ring (bicyclic) bond motifs is 1. The Bertz CT molecular complexity index is 536. The molecule has 3 nitrogen and oxygen atoms in total. The van der Waals surface area contributed by atoms with E-state index in [0.717, 1.165) is 16.7 Å². The fourth-order valence-electron chi connectivity index (χ4n) is 1.76. The summed E-state index contributed by atoms with van der Waals surface area (Å²) in [6.45, 7) is 1.75. The van der Waals surface area contributed by atoms with Crippen LogP contribution in [0.1, 0.15) is 8.29 Å². The Balaban J connectivity index is 2.40. The molecule has 0 unspecified atom stereocenters. The zero-order valence-corrected chi connectivity index (χ0v) is 10.8. The SMILES string of the molecule is [2H][C@H]([C@H](C)N(C)C)n1ccc2cc(OC)ccc21. The molecule has 2 rings (SSSR count). The van der Waals surface area contributed by atoms with E-state index in [2.05, 4.69) is 11.8 Å². The molecule has 0 N–H and O–H groups in total. The molecule has 3 heteroatoms. The number of ether oxygens (including phenoxy) is 1. The number of rotatable bonds is 4. The third-order valence-electron chi connectivity index (χ3n) is 3.12. The first-order chi connectivity index (χ1) is 8.54. The van der Waals surface area contributed by atoms with Crippen LogP contribution in [0.4, 0.5) is 0 Å². The highest BCUT2D eigenvalue weighted by Gasteiger charge is 2.08. The molecule has 1 aromatic carbocycles. The largest absolute Gasteiger partial charge is 0.497 e. The van der Waals surface area contributed by atoms with E-state index in [1.807, 2.05) is 49.1 Å². The number of likely N-dealkylation sites (N-methyl/N-ethyl adjacent to an activating group) is 1. The molecule has 0 aliphatic heterocycles. The molecule has 1 aromatic heterocycles. The van der Waals surface area contributed by atoms with Crippen LogP contribution >= 0.6 is 0 Å². The van der Waals surface area contributed by atoms with Gasteiger partial charge in [0.1, 0.15) is 5.75 Å². The first kappa shape index (κ1) is 10.7. The monoisotopic (exact) mass is 233 g/mol. The molecular weight excluding hydrogens is 212 g/mol. The van der Waals surface area contributed by atoms with Crippen molar-refractivity contribution >= 4 is 10.9 Å². The van der Waals surface area contributed by atoms with Gasteiger partial charge in [-0.1, -0.05) is 0 Å². The van der Waals surface area contributed by atoms with Crippen molar-refractivity contribution in [2.75, 3.05) is 21.2 Å². The van der Waals surface area contributed by atoms with Gasteiger partial charge in [0, 0.05) is 29.7 Å². The molecule has 0 aliphatic carbocycles. The smallest absolute Gasteiger partial charge is 0.119 e. The lowest BCUT2D eigenvalue weighted by atomic mass is 10.2. The van der Waals surface area contributed by atoms with Crippen LogP contribution in [0.25, 0.3) is 10.9 Å². The van der Waals surface area contributed by atoms with Gasteiger partial charge < -0.3 is 14.2 Å². The normalized spacial score (nSPS) is 15.9. The lowest BCUT2D eigenvalue weighted by molar-refractivity contribution is 0.286. The molecule has 2 aromatic rings. The van der Waals surface area contributed by atoms with Crippen LogP contribution in [0.3, 0.4) is 0 Å². The second kappa shape index (κ2) is 4.80. The molecule has 0 fully saturated rings. The number of nitrogens with zero attached hydrogens (tertiary/aromatic N) is 2. The summed E-state index contributed by atoms with van der Waals surface area (Å²) in [4.78, 5) is 2.06. The zero-order chi connectivity index (χ0) is 13.3. The van der Waals surface area contributed by atoms with Crippen LogP contribution in [0.15, 0.2) is 30.5 Å². The summed E-state index contributed by atoms with van der Waals surface area (Å²) < 4.78 is 15.5. The molecular formula is C14H20N2O. The highest BCUT2D eigenvalue weighted by molar-refractivity contribution is 5.81. The highest BCUT2D eigenvalue weighted by atomic mass is 16.5. The van der Waals surface area contributed by atoms with E-state index in [-0.39, 0.29) is 12.6 Å². The van der Waals surface area contributed by atoms with E-state index in [4.69, 9.17) is 6.11 Å². The van der Waals surface area contributed by atoms with Crippen molar-refractivity contribution in [3.63, 3.8) is 0 Å². The Labute approximate surface area is 104 Å². The van der Waals surface area contributed by atoms with Crippen molar-refractivity contribution < 1.29 is 6.11 Å². The Morgan fingerprint density at radius 1 is 1.41 bits per heavy atom. The molecule has 0 aliphatic rings. The summed E-state index contributed by atoms with van der Waals surface area (Å²) in [5.74, 6) is 0.849. The van der Waals surface area contributed by atoms with Gasteiger partial charge in [0.25, 0.3) is 0 Å². The van der Waals surface area contributed by atoms with Crippen LogP contribution in [0, 0.1) is 0 Å². The van der Waals surface area contributed by atoms with E-state index in [0.29, 0.717) is 0 Å². The lowest BCUT2D eigenvalue weighted by Crippen LogP contribution is -2.28. The van der Waals surface area contributed by atoms with Gasteiger partial charge in [0.15, 0.2) is 0 Å². The Morgan fingerprint density at radius 3 is 2.82 bits per heavy atom. The summed E-state index contributed by atoms with van der Waals surface area (Å²) in [6, 6.07) is 8.13. The fraction of sp³-hybridized carbons (Fsp3) is 0.429. The highest BCUT2D eigenvalue weighted by Crippen LogP contribution is 2.22. The average molecular weight is 233 g/mol. The van der Waals surface area contributed by atoms with Gasteiger partial charge in [-0.2, -0.15) is 0 Å². The van der Waals surface area contributed by atoms with Crippen molar-refractivity contribution in [3.8, 4) is 5.75 Å². The molecule has 92 valence electrons. The van der Waals surface area contributed by atoms with Gasteiger partial charge in [0.05, 0.1) is 8.48 Å². The van der Waals surface area contributed by atoms with Gasteiger partial charge in [-0.05, 0) is 45.3 Å². The van der Waals surface area contributed by atoms with E-state index in [9.17, 15) is 0 Å². The predicted molar refractivity (Wildman–Crippen MR) is 71.6 cm³/mol. The zero-order valence-electron chi connectivity index (χ0n) is 11.8. The molecule has 0 bridgehead atoms. The van der Waals surface area contributed by atoms with Crippen molar-refractivity contribution in [2.24, 2.45) is 0 Å². The van der Waals surface area contributed by atoms with E-state index in [1.54, 1.807) is 7.11 Å². The first-order valence-corrected chi connectivity index (χ1v) is 5.78. The van der Waals surface area contributed by atoms with E-state index in [1.165, 1.54) is 0 Å². The molecule has 0 saturated carbocycles. The Morgan fingerprint density at radius 2 is 2.18 bits per heavy atom. The average Bonchev–Trinajstić information content (AvgIpc) is 2.79. The third-order valence-corrected chi connectivity index (χ3v) is 3.12. The van der Waals surface area contributed by atoms with Crippen molar-refractivity contribution in [1.82, 2.24) is 9.47 Å². The number of hydrogen-bond acceptors (Lipinski definition) is 2. The van der Waals surface area contributed by atoms with Crippen LogP contribution in [-0.2, 0) is 6.52 Å². The van der Waals surface area contributed by atoms with Gasteiger partial charge in [-0.25, -0.2) is 0 Å². The number of hydrogen-bond donors (Lipinski definition) is 0. The number of aromatic nitrogens is 1. The summed E-state index contributed by atoms with van der Waals surface area (Å²) in [7, 11) is 5.67. The van der Waals surface area contributed by atoms with E-state index >= 15 is 0 Å². The topological polar surface area (TPSA) is 17.4 Å². The van der Waals surface area contributed by atoms with Crippen LogP contribution in [0.2, 0.25) is 0 Å². The summed E-state index contributed by atoms with van der Waals surface area (Å²) >= 11 is 0. The number of benzene rings is 1. The van der Waals surface area contributed by atoms with Crippen molar-refractivity contribution in [2.45, 2.75) is 19.5 Å². The van der Waals surface area contributed by atoms with Crippen LogP contribution in [-0.4, -0.2) is 36.7 Å². The maximum atomic E-state index is 8.34. The number of methoxy groups -OCH3 is 1. The lowest BCUT2D eigenvalue weighted by Gasteiger charge is -2.20. The summed E-state index contributed by atoms with van der Waals surface area (Å²) in [5.41, 5.74) is 1.07. The minimum Gasteiger partial charge on any atom is -0.497 e. The second-order valence-corrected chi connectivity index (χ2v) is 4.50. The predicted octanol–water partition coefficient (Wildman–Crippen LogP) is 2.60. The van der Waals surface area contributed by atoms with E-state index < -0.39 is 0 Å². The van der Waals surface area contributed by atoms with Crippen molar-refractivity contribution in [3.05, 3.63) is 30.5 Å². The molecule has 17 heavy (non-hydrogen) atoms. The molecule has 0 amide bonds. The van der Waals surface area contributed by atoms with Gasteiger partial charge in [0.2, 0.25) is 0 Å². The van der Waals surface area contributed by atoms with Crippen LogP contribution in [0.5, 0.6) is 5.75 Å². The molecule has 0 saturated heterocycles. The minimum absolute atomic E-state index is 0.155. The summed E-state index contributed by atoms with van der Waals surface area (Å²) in [6.07, 6.45) is 1.97. The maximum absolute atomic E-state index is 8.34.